The van der Waals surface area contributed by atoms with Gasteiger partial charge in [-0.05, 0) is 78.4 Å². The number of hydrogen-bond acceptors (Lipinski definition) is 4. The molecule has 2 atom stereocenters. The maximum absolute atomic E-state index is 13.1. The van der Waals surface area contributed by atoms with Crippen molar-refractivity contribution in [1.29, 1.82) is 0 Å². The summed E-state index contributed by atoms with van der Waals surface area (Å²) < 4.78 is 47.5. The Morgan fingerprint density at radius 1 is 0.977 bits per heavy atom. The number of alkyl halides is 3. The molecule has 226 valence electrons. The second-order valence-electron chi connectivity index (χ2n) is 11.4. The molecule has 0 unspecified atom stereocenters. The third-order valence-electron chi connectivity index (χ3n) is 8.34. The number of hydrogen-bond donors (Lipinski definition) is 1. The van der Waals surface area contributed by atoms with Crippen molar-refractivity contribution >= 4 is 17.0 Å². The Morgan fingerprint density at radius 3 is 2.50 bits per heavy atom. The molecule has 1 aliphatic carbocycles. The quantitative estimate of drug-likeness (QED) is 0.194. The molecule has 1 aliphatic rings. The molecule has 9 heteroatoms. The zero-order valence-electron chi connectivity index (χ0n) is 24.2. The molecular formula is C35H32F3N3O3. The molecule has 1 saturated carbocycles. The Hall–Kier alpha value is -4.66. The van der Waals surface area contributed by atoms with Gasteiger partial charge in [0, 0.05) is 24.7 Å². The summed E-state index contributed by atoms with van der Waals surface area (Å²) >= 11 is 0. The molecule has 6 rings (SSSR count). The van der Waals surface area contributed by atoms with Gasteiger partial charge in [-0.15, -0.1) is 0 Å². The topological polar surface area (TPSA) is 77.2 Å². The number of carboxylic acids is 1. The molecule has 2 aromatic heterocycles. The Morgan fingerprint density at radius 2 is 1.77 bits per heavy atom. The third-order valence-corrected chi connectivity index (χ3v) is 8.34. The predicted octanol–water partition coefficient (Wildman–Crippen LogP) is 8.41. The lowest BCUT2D eigenvalue weighted by molar-refractivity contribution is -0.143. The van der Waals surface area contributed by atoms with Gasteiger partial charge in [0.15, 0.2) is 0 Å². The van der Waals surface area contributed by atoms with E-state index in [9.17, 15) is 23.1 Å². The number of pyridine rings is 1. The molecule has 0 bridgehead atoms. The molecule has 0 spiro atoms. The van der Waals surface area contributed by atoms with Gasteiger partial charge in [-0.1, -0.05) is 49.2 Å². The van der Waals surface area contributed by atoms with Crippen molar-refractivity contribution in [3.05, 3.63) is 113 Å². The van der Waals surface area contributed by atoms with Crippen LogP contribution >= 0.6 is 0 Å². The molecule has 5 aromatic rings. The summed E-state index contributed by atoms with van der Waals surface area (Å²) in [4.78, 5) is 21.7. The molecule has 44 heavy (non-hydrogen) atoms. The smallest absolute Gasteiger partial charge is 0.416 e. The minimum Gasteiger partial charge on any atom is -0.487 e. The fourth-order valence-corrected chi connectivity index (χ4v) is 6.02. The van der Waals surface area contributed by atoms with E-state index in [1.807, 2.05) is 61.5 Å². The summed E-state index contributed by atoms with van der Waals surface area (Å²) in [5.41, 5.74) is 5.13. The minimum atomic E-state index is -4.40. The molecule has 0 saturated heterocycles. The lowest BCUT2D eigenvalue weighted by atomic mass is 9.78. The van der Waals surface area contributed by atoms with Crippen molar-refractivity contribution < 1.29 is 27.8 Å². The van der Waals surface area contributed by atoms with Crippen LogP contribution in [0.1, 0.15) is 59.8 Å². The molecule has 1 N–H and O–H groups in total. The predicted molar refractivity (Wildman–Crippen MR) is 161 cm³/mol. The van der Waals surface area contributed by atoms with Crippen molar-refractivity contribution in [2.45, 2.75) is 57.9 Å². The Labute approximate surface area is 253 Å². The van der Waals surface area contributed by atoms with Crippen LogP contribution in [0, 0.1) is 12.8 Å². The average Bonchev–Trinajstić information content (AvgIpc) is 3.37. The van der Waals surface area contributed by atoms with E-state index in [0.717, 1.165) is 70.6 Å². The molecule has 0 aliphatic heterocycles. The summed E-state index contributed by atoms with van der Waals surface area (Å²) in [6, 6.07) is 22.4. The summed E-state index contributed by atoms with van der Waals surface area (Å²) in [7, 11) is 0. The summed E-state index contributed by atoms with van der Waals surface area (Å²) in [5.74, 6) is -0.213. The van der Waals surface area contributed by atoms with Gasteiger partial charge >= 0.3 is 12.1 Å². The van der Waals surface area contributed by atoms with Gasteiger partial charge in [0.2, 0.25) is 0 Å². The van der Waals surface area contributed by atoms with Crippen LogP contribution in [-0.2, 0) is 24.1 Å². The molecule has 0 radical (unpaired) electrons. The zero-order valence-corrected chi connectivity index (χ0v) is 24.2. The van der Waals surface area contributed by atoms with Gasteiger partial charge < -0.3 is 14.4 Å². The van der Waals surface area contributed by atoms with Gasteiger partial charge in [0.25, 0.3) is 0 Å². The van der Waals surface area contributed by atoms with Crippen LogP contribution in [0.25, 0.3) is 22.2 Å². The summed E-state index contributed by atoms with van der Waals surface area (Å²) in [5, 5.41) is 10.1. The molecule has 2 heterocycles. The van der Waals surface area contributed by atoms with E-state index in [1.54, 1.807) is 6.20 Å². The fourth-order valence-electron chi connectivity index (χ4n) is 6.02. The maximum Gasteiger partial charge on any atom is 0.416 e. The van der Waals surface area contributed by atoms with Gasteiger partial charge in [0.05, 0.1) is 28.2 Å². The van der Waals surface area contributed by atoms with Gasteiger partial charge in [-0.2, -0.15) is 13.2 Å². The van der Waals surface area contributed by atoms with E-state index < -0.39 is 23.6 Å². The van der Waals surface area contributed by atoms with E-state index in [4.69, 9.17) is 9.72 Å². The average molecular weight is 600 g/mol. The van der Waals surface area contributed by atoms with Crippen LogP contribution in [0.15, 0.2) is 85.1 Å². The normalized spacial score (nSPS) is 17.1. The third kappa shape index (κ3) is 6.32. The largest absolute Gasteiger partial charge is 0.487 e. The Bertz CT molecular complexity index is 1780. The number of rotatable bonds is 8. The maximum atomic E-state index is 13.1. The Balaban J connectivity index is 1.36. The van der Waals surface area contributed by atoms with E-state index >= 15 is 0 Å². The number of aromatic nitrogens is 3. The molecule has 3 aromatic carbocycles. The van der Waals surface area contributed by atoms with Crippen molar-refractivity contribution in [1.82, 2.24) is 14.5 Å². The number of fused-ring (bicyclic) bond motifs is 1. The van der Waals surface area contributed by atoms with Crippen LogP contribution in [0.3, 0.4) is 0 Å². The number of halogens is 3. The first-order chi connectivity index (χ1) is 21.2. The fraction of sp³-hybridized carbons (Fsp3) is 0.286. The van der Waals surface area contributed by atoms with Crippen LogP contribution < -0.4 is 4.74 Å². The highest BCUT2D eigenvalue weighted by molar-refractivity contribution is 5.79. The van der Waals surface area contributed by atoms with Crippen molar-refractivity contribution in [3.63, 3.8) is 0 Å². The van der Waals surface area contributed by atoms with E-state index in [1.165, 1.54) is 12.1 Å². The molecule has 6 nitrogen and oxygen atoms in total. The van der Waals surface area contributed by atoms with Crippen LogP contribution in [0.4, 0.5) is 13.2 Å². The number of benzene rings is 3. The second kappa shape index (κ2) is 12.1. The van der Waals surface area contributed by atoms with Gasteiger partial charge in [-0.25, -0.2) is 4.98 Å². The standard InChI is InChI=1S/C35H32F3N3O3/c1-22-9-14-27(39-19-22)21-44-28-15-16-31-32(18-28)41(33(40-31)29-7-2-3-8-30(29)34(42)43)20-23-5-4-6-25(17-23)24-10-12-26(13-11-24)35(36,37)38/h4-6,9-19,29-30H,2-3,7-8,20-21H2,1H3,(H,42,43)/t29-,30+/m0/s1. The monoisotopic (exact) mass is 599 g/mol. The van der Waals surface area contributed by atoms with E-state index in [2.05, 4.69) is 9.55 Å². The van der Waals surface area contributed by atoms with Gasteiger partial charge in [0.1, 0.15) is 18.2 Å². The molecular weight excluding hydrogens is 567 g/mol. The number of nitrogens with zero attached hydrogens (tertiary/aromatic N) is 3. The van der Waals surface area contributed by atoms with Crippen molar-refractivity contribution in [2.75, 3.05) is 0 Å². The highest BCUT2D eigenvalue weighted by atomic mass is 19.4. The van der Waals surface area contributed by atoms with Crippen molar-refractivity contribution in [2.24, 2.45) is 5.92 Å². The lowest BCUT2D eigenvalue weighted by Gasteiger charge is -2.28. The number of aliphatic carboxylic acids is 1. The first-order valence-electron chi connectivity index (χ1n) is 14.7. The van der Waals surface area contributed by atoms with Gasteiger partial charge in [-0.3, -0.25) is 9.78 Å². The summed E-state index contributed by atoms with van der Waals surface area (Å²) in [6.07, 6.45) is 0.530. The van der Waals surface area contributed by atoms with Crippen LogP contribution in [-0.4, -0.2) is 25.6 Å². The van der Waals surface area contributed by atoms with Crippen LogP contribution in [0.5, 0.6) is 5.75 Å². The van der Waals surface area contributed by atoms with E-state index in [0.29, 0.717) is 30.9 Å². The highest BCUT2D eigenvalue weighted by Crippen LogP contribution is 2.40. The number of ether oxygens (including phenoxy) is 1. The van der Waals surface area contributed by atoms with Crippen LogP contribution in [0.2, 0.25) is 0 Å². The highest BCUT2D eigenvalue weighted by Gasteiger charge is 2.35. The SMILES string of the molecule is Cc1ccc(COc2ccc3nc([C@H]4CCCC[C@H]4C(=O)O)n(Cc4cccc(-c5ccc(C(F)(F)F)cc5)c4)c3c2)nc1. The minimum absolute atomic E-state index is 0.243. The molecule has 0 amide bonds. The number of carbonyl (C=O) groups is 1. The number of imidazole rings is 1. The molecule has 1 fully saturated rings. The van der Waals surface area contributed by atoms with Crippen molar-refractivity contribution in [3.8, 4) is 16.9 Å². The number of carboxylic acid groups (broad SMARTS) is 1. The first kappa shape index (κ1) is 29.4. The van der Waals surface area contributed by atoms with E-state index in [-0.39, 0.29) is 5.92 Å². The first-order valence-corrected chi connectivity index (χ1v) is 14.7. The Kier molecular flexibility index (Phi) is 8.12. The summed E-state index contributed by atoms with van der Waals surface area (Å²) in [6.45, 7) is 2.68. The zero-order chi connectivity index (χ0) is 30.8. The second-order valence-corrected chi connectivity index (χ2v) is 11.4. The number of aryl methyl sites for hydroxylation is 1. The lowest BCUT2D eigenvalue weighted by Crippen LogP contribution is -2.27.